The van der Waals surface area contributed by atoms with E-state index < -0.39 is 53.0 Å². The lowest BCUT2D eigenvalue weighted by molar-refractivity contribution is -0.140. The number of ether oxygens (including phenoxy) is 1. The first kappa shape index (κ1) is 21.8. The number of carbonyl (C=O) groups excluding carboxylic acids is 1. The summed E-state index contributed by atoms with van der Waals surface area (Å²) in [5, 5.41) is 19.6. The third-order valence-electron chi connectivity index (χ3n) is 4.98. The molecule has 0 heterocycles. The summed E-state index contributed by atoms with van der Waals surface area (Å²) in [6.07, 6.45) is -13.1. The summed E-state index contributed by atoms with van der Waals surface area (Å²) in [5.74, 6) is -2.47. The minimum Gasteiger partial charge on any atom is -0.388 e. The summed E-state index contributed by atoms with van der Waals surface area (Å²) in [4.78, 5) is 12.8. The van der Waals surface area contributed by atoms with Crippen molar-refractivity contribution in [2.75, 3.05) is 7.11 Å². The Morgan fingerprint density at radius 2 is 1.73 bits per heavy atom. The lowest BCUT2D eigenvalue weighted by Gasteiger charge is -2.27. The normalized spacial score (nSPS) is 20.0. The summed E-state index contributed by atoms with van der Waals surface area (Å²) in [6.45, 7) is 0. The van der Waals surface area contributed by atoms with E-state index in [1.54, 1.807) is 6.07 Å². The number of hydrogen-bond donors (Lipinski definition) is 1. The van der Waals surface area contributed by atoms with Crippen LogP contribution in [0.4, 0.5) is 26.3 Å². The van der Waals surface area contributed by atoms with Crippen molar-refractivity contribution in [2.45, 2.75) is 24.6 Å². The fourth-order valence-electron chi connectivity index (χ4n) is 3.62. The third-order valence-corrected chi connectivity index (χ3v) is 4.98. The van der Waals surface area contributed by atoms with Gasteiger partial charge in [0, 0.05) is 12.7 Å². The Hall–Kier alpha value is -2.90. The second kappa shape index (κ2) is 7.41. The molecule has 0 radical (unpaired) electrons. The highest BCUT2D eigenvalue weighted by Gasteiger charge is 2.48. The first-order valence-corrected chi connectivity index (χ1v) is 8.47. The molecule has 0 aromatic heterocycles. The summed E-state index contributed by atoms with van der Waals surface area (Å²) >= 11 is 0. The number of ketones is 1. The topological polar surface area (TPSA) is 70.3 Å². The first-order chi connectivity index (χ1) is 13.9. The fourth-order valence-corrected chi connectivity index (χ4v) is 3.62. The predicted octanol–water partition coefficient (Wildman–Crippen LogP) is 4.83. The molecule has 1 N–H and O–H groups in total. The Bertz CT molecular complexity index is 1040. The van der Waals surface area contributed by atoms with E-state index in [0.29, 0.717) is 18.2 Å². The molecule has 2 aromatic rings. The zero-order chi connectivity index (χ0) is 22.4. The van der Waals surface area contributed by atoms with Crippen LogP contribution in [0.2, 0.25) is 0 Å². The maximum atomic E-state index is 13.5. The molecule has 0 spiro atoms. The minimum absolute atomic E-state index is 0.142. The van der Waals surface area contributed by atoms with Gasteiger partial charge in [-0.25, -0.2) is 0 Å². The van der Waals surface area contributed by atoms with Crippen LogP contribution in [0.1, 0.15) is 50.4 Å². The van der Waals surface area contributed by atoms with Crippen molar-refractivity contribution in [3.63, 3.8) is 0 Å². The van der Waals surface area contributed by atoms with Crippen LogP contribution in [-0.4, -0.2) is 18.0 Å². The first-order valence-electron chi connectivity index (χ1n) is 8.47. The van der Waals surface area contributed by atoms with Gasteiger partial charge in [-0.3, -0.25) is 4.79 Å². The maximum absolute atomic E-state index is 13.5. The van der Waals surface area contributed by atoms with Crippen molar-refractivity contribution in [2.24, 2.45) is 5.92 Å². The number of nitriles is 1. The van der Waals surface area contributed by atoms with E-state index in [2.05, 4.69) is 0 Å². The number of halogens is 6. The molecule has 0 saturated heterocycles. The van der Waals surface area contributed by atoms with Gasteiger partial charge in [0.05, 0.1) is 40.9 Å². The molecular formula is C20H13F6NO3. The van der Waals surface area contributed by atoms with Crippen molar-refractivity contribution in [1.82, 2.24) is 0 Å². The molecule has 3 unspecified atom stereocenters. The van der Waals surface area contributed by atoms with E-state index in [-0.39, 0.29) is 16.7 Å². The highest BCUT2D eigenvalue weighted by atomic mass is 19.4. The van der Waals surface area contributed by atoms with E-state index in [9.17, 15) is 36.2 Å². The largest absolute Gasteiger partial charge is 0.416 e. The van der Waals surface area contributed by atoms with Crippen LogP contribution in [0.5, 0.6) is 0 Å². The number of methoxy groups -OCH3 is 1. The molecule has 3 rings (SSSR count). The van der Waals surface area contributed by atoms with Crippen molar-refractivity contribution in [3.05, 3.63) is 69.8 Å². The van der Waals surface area contributed by atoms with Gasteiger partial charge in [0.2, 0.25) is 0 Å². The number of aliphatic hydroxyl groups excluding tert-OH is 1. The number of alkyl halides is 6. The molecular weight excluding hydrogens is 416 g/mol. The molecule has 0 amide bonds. The molecule has 4 nitrogen and oxygen atoms in total. The number of nitrogens with zero attached hydrogens (tertiary/aromatic N) is 1. The lowest BCUT2D eigenvalue weighted by atomic mass is 9.87. The number of benzene rings is 2. The van der Waals surface area contributed by atoms with Crippen LogP contribution in [0.25, 0.3) is 0 Å². The quantitative estimate of drug-likeness (QED) is 0.710. The minimum atomic E-state index is -4.86. The average Bonchev–Trinajstić information content (AvgIpc) is 2.92. The van der Waals surface area contributed by atoms with Crippen LogP contribution in [0.3, 0.4) is 0 Å². The number of fused-ring (bicyclic) bond motifs is 1. The number of rotatable bonds is 3. The third kappa shape index (κ3) is 3.66. The summed E-state index contributed by atoms with van der Waals surface area (Å²) < 4.78 is 84.6. The van der Waals surface area contributed by atoms with Gasteiger partial charge in [0.25, 0.3) is 0 Å². The van der Waals surface area contributed by atoms with E-state index in [0.717, 1.165) is 25.3 Å². The van der Waals surface area contributed by atoms with E-state index in [1.165, 1.54) is 0 Å². The van der Waals surface area contributed by atoms with Crippen LogP contribution in [0, 0.1) is 17.2 Å². The molecule has 10 heteroatoms. The molecule has 30 heavy (non-hydrogen) atoms. The van der Waals surface area contributed by atoms with Crippen LogP contribution in [0.15, 0.2) is 36.4 Å². The average molecular weight is 429 g/mol. The predicted molar refractivity (Wildman–Crippen MR) is 90.1 cm³/mol. The van der Waals surface area contributed by atoms with Gasteiger partial charge in [0.15, 0.2) is 5.78 Å². The maximum Gasteiger partial charge on any atom is 0.416 e. The zero-order valence-electron chi connectivity index (χ0n) is 15.2. The van der Waals surface area contributed by atoms with E-state index in [1.807, 2.05) is 0 Å². The Kier molecular flexibility index (Phi) is 5.39. The van der Waals surface area contributed by atoms with Gasteiger partial charge >= 0.3 is 12.4 Å². The number of hydrogen-bond acceptors (Lipinski definition) is 4. The molecule has 0 fully saturated rings. The van der Waals surface area contributed by atoms with Crippen molar-refractivity contribution in [3.8, 4) is 6.07 Å². The molecule has 0 saturated carbocycles. The van der Waals surface area contributed by atoms with Crippen LogP contribution >= 0.6 is 0 Å². The second-order valence-corrected chi connectivity index (χ2v) is 6.70. The Balaban J connectivity index is 2.13. The number of aliphatic hydroxyl groups is 1. The lowest BCUT2D eigenvalue weighted by Crippen LogP contribution is -2.26. The smallest absolute Gasteiger partial charge is 0.388 e. The molecule has 0 bridgehead atoms. The van der Waals surface area contributed by atoms with E-state index >= 15 is 0 Å². The Morgan fingerprint density at radius 1 is 1.07 bits per heavy atom. The van der Waals surface area contributed by atoms with Crippen molar-refractivity contribution < 1.29 is 41.0 Å². The van der Waals surface area contributed by atoms with Crippen molar-refractivity contribution in [1.29, 1.82) is 5.26 Å². The van der Waals surface area contributed by atoms with E-state index in [4.69, 9.17) is 10.00 Å². The highest BCUT2D eigenvalue weighted by Crippen LogP contribution is 2.48. The molecule has 3 atom stereocenters. The van der Waals surface area contributed by atoms with Gasteiger partial charge in [0.1, 0.15) is 0 Å². The Labute approximate surface area is 166 Å². The van der Waals surface area contributed by atoms with Crippen LogP contribution < -0.4 is 0 Å². The monoisotopic (exact) mass is 429 g/mol. The van der Waals surface area contributed by atoms with Gasteiger partial charge < -0.3 is 9.84 Å². The van der Waals surface area contributed by atoms with Crippen molar-refractivity contribution >= 4 is 5.78 Å². The van der Waals surface area contributed by atoms with Gasteiger partial charge in [-0.05, 0) is 41.5 Å². The van der Waals surface area contributed by atoms with Gasteiger partial charge in [-0.15, -0.1) is 0 Å². The fraction of sp³-hybridized carbons (Fsp3) is 0.300. The van der Waals surface area contributed by atoms with Gasteiger partial charge in [-0.2, -0.15) is 31.6 Å². The zero-order valence-corrected chi connectivity index (χ0v) is 15.2. The SMILES string of the molecule is COC(c1cc(C#N)ccc1C(F)(F)F)C1C(=O)c2ccc(C(F)(F)F)cc2C1O. The standard InChI is InChI=1S/C20H13F6NO3/c1-30-18(13-6-9(8-27)2-5-14(13)20(24,25)26)15-16(28)11-4-3-10(19(21,22)23)7-12(11)17(15)29/h2-7,15,17-18,29H,1H3. The van der Waals surface area contributed by atoms with Crippen LogP contribution in [-0.2, 0) is 17.1 Å². The highest BCUT2D eigenvalue weighted by molar-refractivity contribution is 6.03. The molecule has 158 valence electrons. The number of Topliss-reactive ketones (excluding diaryl/α,β-unsaturated/α-hetero) is 1. The summed E-state index contributed by atoms with van der Waals surface area (Å²) in [6, 6.07) is 6.31. The second-order valence-electron chi connectivity index (χ2n) is 6.70. The molecule has 0 aliphatic heterocycles. The molecule has 1 aliphatic carbocycles. The summed E-state index contributed by atoms with van der Waals surface area (Å²) in [5.41, 5.74) is -3.56. The summed E-state index contributed by atoms with van der Waals surface area (Å²) in [7, 11) is 1.01. The molecule has 2 aromatic carbocycles. The molecule has 1 aliphatic rings. The number of carbonyl (C=O) groups is 1. The Morgan fingerprint density at radius 3 is 2.27 bits per heavy atom. The van der Waals surface area contributed by atoms with Gasteiger partial charge in [-0.1, -0.05) is 6.07 Å².